The topological polar surface area (TPSA) is 116 Å². The van der Waals surface area contributed by atoms with Gasteiger partial charge in [0.25, 0.3) is 5.91 Å². The van der Waals surface area contributed by atoms with Gasteiger partial charge in [-0.15, -0.1) is 0 Å². The van der Waals surface area contributed by atoms with Crippen LogP contribution in [0.3, 0.4) is 0 Å². The Morgan fingerprint density at radius 1 is 1.10 bits per heavy atom. The van der Waals surface area contributed by atoms with Crippen LogP contribution in [0.25, 0.3) is 0 Å². The Bertz CT molecular complexity index is 958. The van der Waals surface area contributed by atoms with E-state index in [0.717, 1.165) is 12.7 Å². The first-order chi connectivity index (χ1) is 13.6. The fourth-order valence-electron chi connectivity index (χ4n) is 3.29. The van der Waals surface area contributed by atoms with E-state index in [1.165, 1.54) is 12.9 Å². The van der Waals surface area contributed by atoms with Crippen molar-refractivity contribution in [3.63, 3.8) is 0 Å². The summed E-state index contributed by atoms with van der Waals surface area (Å²) < 4.78 is 59.5. The molecule has 1 aromatic carbocycles. The number of nitrogens with one attached hydrogen (secondary N) is 1. The van der Waals surface area contributed by atoms with Crippen molar-refractivity contribution < 1.29 is 26.4 Å². The molecule has 162 valence electrons. The Hall–Kier alpha value is -1.89. The van der Waals surface area contributed by atoms with Gasteiger partial charge in [0.15, 0.2) is 6.10 Å². The van der Waals surface area contributed by atoms with Crippen LogP contribution in [0.1, 0.15) is 13.3 Å². The number of rotatable bonds is 6. The van der Waals surface area contributed by atoms with Crippen molar-refractivity contribution in [1.29, 1.82) is 0 Å². The summed E-state index contributed by atoms with van der Waals surface area (Å²) in [5, 5.41) is 2.73. The number of fused-ring (bicyclic) bond motifs is 1. The molecule has 0 saturated carbocycles. The summed E-state index contributed by atoms with van der Waals surface area (Å²) in [7, 11) is -7.34. The van der Waals surface area contributed by atoms with Gasteiger partial charge in [0.05, 0.1) is 18.5 Å². The lowest BCUT2D eigenvalue weighted by molar-refractivity contribution is -0.127. The van der Waals surface area contributed by atoms with Crippen molar-refractivity contribution in [2.45, 2.75) is 19.4 Å². The number of piperazine rings is 1. The summed E-state index contributed by atoms with van der Waals surface area (Å²) in [5.41, 5.74) is 0.359. The first-order valence-corrected chi connectivity index (χ1v) is 12.7. The average Bonchev–Trinajstić information content (AvgIpc) is 2.70. The zero-order valence-corrected chi connectivity index (χ0v) is 18.1. The first kappa shape index (κ1) is 21.8. The second-order valence-electron chi connectivity index (χ2n) is 6.97. The normalized spacial score (nSPS) is 21.3. The molecule has 2 aliphatic rings. The highest BCUT2D eigenvalue weighted by Crippen LogP contribution is 2.36. The zero-order valence-electron chi connectivity index (χ0n) is 16.4. The molecule has 1 fully saturated rings. The largest absolute Gasteiger partial charge is 0.476 e. The lowest BCUT2D eigenvalue weighted by Gasteiger charge is -2.39. The molecule has 0 radical (unpaired) electrons. The van der Waals surface area contributed by atoms with E-state index in [-0.39, 0.29) is 38.6 Å². The van der Waals surface area contributed by atoms with Gasteiger partial charge in [-0.3, -0.25) is 4.79 Å². The predicted octanol–water partition coefficient (Wildman–Crippen LogP) is -0.398. The minimum atomic E-state index is -3.97. The fraction of sp³-hybridized carbons (Fsp3) is 0.588. The number of hydrogen-bond donors (Lipinski definition) is 1. The molecule has 1 N–H and O–H groups in total. The predicted molar refractivity (Wildman–Crippen MR) is 108 cm³/mol. The molecule has 2 aliphatic heterocycles. The number of carbonyl (C=O) groups excluding carboxylic acids is 1. The van der Waals surface area contributed by atoms with E-state index in [1.54, 1.807) is 24.3 Å². The van der Waals surface area contributed by atoms with Crippen LogP contribution in [0.5, 0.6) is 5.75 Å². The van der Waals surface area contributed by atoms with Crippen LogP contribution in [0, 0.1) is 0 Å². The molecule has 10 nitrogen and oxygen atoms in total. The second-order valence-corrected chi connectivity index (χ2v) is 10.8. The Morgan fingerprint density at radius 3 is 2.34 bits per heavy atom. The molecule has 1 amide bonds. The van der Waals surface area contributed by atoms with Crippen LogP contribution in [-0.4, -0.2) is 83.0 Å². The van der Waals surface area contributed by atoms with Crippen LogP contribution in [-0.2, 0) is 25.0 Å². The summed E-state index contributed by atoms with van der Waals surface area (Å²) in [6.45, 7) is 2.50. The maximum atomic E-state index is 13.3. The number of anilines is 1. The smallest absolute Gasteiger partial charge is 0.304 e. The lowest BCUT2D eigenvalue weighted by atomic mass is 10.2. The molecular formula is C17H26N4O6S2. The van der Waals surface area contributed by atoms with E-state index < -0.39 is 26.3 Å². The van der Waals surface area contributed by atoms with Crippen molar-refractivity contribution in [3.05, 3.63) is 24.3 Å². The molecule has 29 heavy (non-hydrogen) atoms. The summed E-state index contributed by atoms with van der Waals surface area (Å²) >= 11 is 0. The van der Waals surface area contributed by atoms with Gasteiger partial charge in [-0.1, -0.05) is 19.1 Å². The van der Waals surface area contributed by atoms with Gasteiger partial charge in [-0.05, 0) is 18.6 Å². The maximum absolute atomic E-state index is 13.3. The maximum Gasteiger partial charge on any atom is 0.304 e. The van der Waals surface area contributed by atoms with Crippen LogP contribution >= 0.6 is 0 Å². The minimum absolute atomic E-state index is 0.0433. The van der Waals surface area contributed by atoms with Crippen molar-refractivity contribution in [1.82, 2.24) is 13.9 Å². The molecule has 0 bridgehead atoms. The molecule has 1 atom stereocenters. The van der Waals surface area contributed by atoms with Gasteiger partial charge in [0.2, 0.25) is 10.0 Å². The molecule has 2 heterocycles. The third-order valence-electron chi connectivity index (χ3n) is 4.85. The molecule has 1 aromatic rings. The van der Waals surface area contributed by atoms with E-state index in [2.05, 4.69) is 5.32 Å². The van der Waals surface area contributed by atoms with Crippen LogP contribution in [0.4, 0.5) is 5.69 Å². The van der Waals surface area contributed by atoms with E-state index >= 15 is 0 Å². The van der Waals surface area contributed by atoms with Gasteiger partial charge in [0, 0.05) is 32.7 Å². The number of para-hydroxylation sites is 2. The molecule has 1 saturated heterocycles. The molecule has 12 heteroatoms. The van der Waals surface area contributed by atoms with Crippen LogP contribution in [0.2, 0.25) is 0 Å². The Labute approximate surface area is 171 Å². The summed E-state index contributed by atoms with van der Waals surface area (Å²) in [6.07, 6.45) is 0.889. The zero-order chi connectivity index (χ0) is 21.2. The Kier molecular flexibility index (Phi) is 6.36. The van der Waals surface area contributed by atoms with Gasteiger partial charge < -0.3 is 10.1 Å². The number of amides is 1. The third-order valence-corrected chi connectivity index (χ3v) is 8.07. The van der Waals surface area contributed by atoms with Gasteiger partial charge in [-0.25, -0.2) is 12.7 Å². The Balaban J connectivity index is 1.84. The fourth-order valence-corrected chi connectivity index (χ4v) is 5.74. The molecule has 0 spiro atoms. The molecule has 0 unspecified atom stereocenters. The second kappa shape index (κ2) is 8.46. The van der Waals surface area contributed by atoms with Gasteiger partial charge >= 0.3 is 10.2 Å². The van der Waals surface area contributed by atoms with Gasteiger partial charge in [-0.2, -0.15) is 17.0 Å². The van der Waals surface area contributed by atoms with Crippen molar-refractivity contribution in [3.8, 4) is 5.75 Å². The number of carbonyl (C=O) groups is 1. The van der Waals surface area contributed by atoms with Crippen molar-refractivity contribution in [2.24, 2.45) is 0 Å². The van der Waals surface area contributed by atoms with Gasteiger partial charge in [0.1, 0.15) is 5.75 Å². The number of sulfonamides is 1. The first-order valence-electron chi connectivity index (χ1n) is 9.41. The number of benzene rings is 1. The highest BCUT2D eigenvalue weighted by Gasteiger charge is 2.40. The molecule has 0 aromatic heterocycles. The standard InChI is InChI=1S/C17H26N4O6S2/c1-3-8-18-17(22)16-13-21(14-6-4-5-7-15(14)27-16)29(25,26)20-11-9-19(10-12-20)28(2,23)24/h4-7,16H,3,8-13H2,1-2H3,(H,18,22)/t16-/m1/s1. The monoisotopic (exact) mass is 446 g/mol. The van der Waals surface area contributed by atoms with Crippen molar-refractivity contribution >= 4 is 31.8 Å². The highest BCUT2D eigenvalue weighted by molar-refractivity contribution is 7.90. The molecule has 0 aliphatic carbocycles. The van der Waals surface area contributed by atoms with E-state index in [9.17, 15) is 21.6 Å². The van der Waals surface area contributed by atoms with E-state index in [0.29, 0.717) is 18.0 Å². The highest BCUT2D eigenvalue weighted by atomic mass is 32.2. The summed E-state index contributed by atoms with van der Waals surface area (Å²) in [4.78, 5) is 12.4. The molecule has 3 rings (SSSR count). The Morgan fingerprint density at radius 2 is 1.72 bits per heavy atom. The third kappa shape index (κ3) is 4.65. The van der Waals surface area contributed by atoms with E-state index in [1.807, 2.05) is 6.92 Å². The quantitative estimate of drug-likeness (QED) is 0.636. The van der Waals surface area contributed by atoms with Crippen molar-refractivity contribution in [2.75, 3.05) is 49.8 Å². The summed E-state index contributed by atoms with van der Waals surface area (Å²) in [6, 6.07) is 6.66. The number of ether oxygens (including phenoxy) is 1. The minimum Gasteiger partial charge on any atom is -0.476 e. The lowest BCUT2D eigenvalue weighted by Crippen LogP contribution is -2.57. The number of nitrogens with zero attached hydrogens (tertiary/aromatic N) is 3. The SMILES string of the molecule is CCCNC(=O)[C@H]1CN(S(=O)(=O)N2CCN(S(C)(=O)=O)CC2)c2ccccc2O1. The van der Waals surface area contributed by atoms with Crippen LogP contribution < -0.4 is 14.4 Å². The van der Waals surface area contributed by atoms with E-state index in [4.69, 9.17) is 4.74 Å². The summed E-state index contributed by atoms with van der Waals surface area (Å²) in [5.74, 6) is -0.0582. The number of hydrogen-bond acceptors (Lipinski definition) is 6. The van der Waals surface area contributed by atoms with Crippen LogP contribution in [0.15, 0.2) is 24.3 Å². The molecular weight excluding hydrogens is 420 g/mol. The average molecular weight is 447 g/mol.